The average molecular weight is 246 g/mol. The van der Waals surface area contributed by atoms with Crippen molar-refractivity contribution in [1.29, 1.82) is 0 Å². The van der Waals surface area contributed by atoms with E-state index < -0.39 is 7.05 Å². The fourth-order valence-electron chi connectivity index (χ4n) is 2.02. The summed E-state index contributed by atoms with van der Waals surface area (Å²) in [5, 5.41) is 9.39. The highest BCUT2D eigenvalue weighted by atomic mass is 16.2. The Morgan fingerprint density at radius 1 is 1.28 bits per heavy atom. The number of benzene rings is 1. The normalized spacial score (nSPS) is 15.8. The van der Waals surface area contributed by atoms with Gasteiger partial charge in [-0.3, -0.25) is 9.59 Å². The summed E-state index contributed by atoms with van der Waals surface area (Å²) in [5.41, 5.74) is 0.579. The third-order valence-electron chi connectivity index (χ3n) is 3.02. The lowest BCUT2D eigenvalue weighted by molar-refractivity contribution is -0.130. The predicted octanol–water partition coefficient (Wildman–Crippen LogP) is 0.0813. The monoisotopic (exact) mass is 246 g/mol. The highest BCUT2D eigenvalue weighted by molar-refractivity contribution is 6.49. The van der Waals surface area contributed by atoms with Gasteiger partial charge in [0.1, 0.15) is 0 Å². The van der Waals surface area contributed by atoms with E-state index in [0.717, 1.165) is 0 Å². The van der Waals surface area contributed by atoms with Gasteiger partial charge in [0.25, 0.3) is 5.91 Å². The van der Waals surface area contributed by atoms with Crippen molar-refractivity contribution >= 4 is 18.9 Å². The maximum Gasteiger partial charge on any atom is 0.411 e. The molecule has 0 unspecified atom stereocenters. The number of hydrogen-bond acceptors (Lipinski definition) is 3. The molecule has 0 atom stereocenters. The molecule has 1 aromatic carbocycles. The number of piperazine rings is 1. The predicted molar refractivity (Wildman–Crippen MR) is 67.9 cm³/mol. The minimum absolute atomic E-state index is 0.0264. The van der Waals surface area contributed by atoms with Crippen molar-refractivity contribution in [1.82, 2.24) is 9.71 Å². The summed E-state index contributed by atoms with van der Waals surface area (Å²) in [6.07, 6.45) is 0. The van der Waals surface area contributed by atoms with Crippen LogP contribution in [0.4, 0.5) is 0 Å². The van der Waals surface area contributed by atoms with Gasteiger partial charge in [0.2, 0.25) is 5.91 Å². The van der Waals surface area contributed by atoms with Gasteiger partial charge in [-0.1, -0.05) is 18.2 Å². The molecule has 2 rings (SSSR count). The van der Waals surface area contributed by atoms with Gasteiger partial charge in [-0.15, -0.1) is 0 Å². The molecule has 6 heteroatoms. The van der Waals surface area contributed by atoms with Crippen LogP contribution < -0.4 is 0 Å². The van der Waals surface area contributed by atoms with E-state index >= 15 is 0 Å². The second kappa shape index (κ2) is 5.22. The largest absolute Gasteiger partial charge is 0.432 e. The van der Waals surface area contributed by atoms with Crippen molar-refractivity contribution in [3.8, 4) is 0 Å². The van der Waals surface area contributed by atoms with Gasteiger partial charge < -0.3 is 14.7 Å². The molecule has 5 nitrogen and oxygen atoms in total. The molecule has 1 saturated heterocycles. The van der Waals surface area contributed by atoms with Crippen LogP contribution in [0, 0.1) is 0 Å². The molecule has 2 amide bonds. The van der Waals surface area contributed by atoms with Crippen LogP contribution in [0.2, 0.25) is 6.82 Å². The van der Waals surface area contributed by atoms with Crippen molar-refractivity contribution < 1.29 is 14.6 Å². The second-order valence-corrected chi connectivity index (χ2v) is 4.31. The molecule has 1 aliphatic heterocycles. The third-order valence-corrected chi connectivity index (χ3v) is 3.02. The van der Waals surface area contributed by atoms with Crippen molar-refractivity contribution in [2.24, 2.45) is 0 Å². The fraction of sp³-hybridized carbons (Fsp3) is 0.333. The number of carbonyl (C=O) groups is 2. The van der Waals surface area contributed by atoms with Crippen LogP contribution in [0.15, 0.2) is 30.3 Å². The maximum absolute atomic E-state index is 12.1. The lowest BCUT2D eigenvalue weighted by atomic mass is 9.84. The summed E-state index contributed by atoms with van der Waals surface area (Å²) in [6.45, 7) is 2.39. The molecule has 94 valence electrons. The van der Waals surface area contributed by atoms with Gasteiger partial charge in [-0.25, -0.2) is 0 Å². The Kier molecular flexibility index (Phi) is 3.67. The van der Waals surface area contributed by atoms with Gasteiger partial charge in [0.15, 0.2) is 0 Å². The van der Waals surface area contributed by atoms with E-state index in [-0.39, 0.29) is 18.4 Å². The van der Waals surface area contributed by atoms with Crippen LogP contribution in [0.3, 0.4) is 0 Å². The number of nitrogens with zero attached hydrogens (tertiary/aromatic N) is 2. The number of carbonyl (C=O) groups excluding carboxylic acids is 2. The summed E-state index contributed by atoms with van der Waals surface area (Å²) >= 11 is 0. The van der Waals surface area contributed by atoms with Crippen molar-refractivity contribution in [3.05, 3.63) is 35.9 Å². The summed E-state index contributed by atoms with van der Waals surface area (Å²) in [6, 6.07) is 8.89. The molecule has 0 spiro atoms. The van der Waals surface area contributed by atoms with E-state index in [9.17, 15) is 14.6 Å². The van der Waals surface area contributed by atoms with Crippen LogP contribution >= 0.6 is 0 Å². The third kappa shape index (κ3) is 2.54. The Hall–Kier alpha value is -1.82. The first-order valence-electron chi connectivity index (χ1n) is 5.91. The van der Waals surface area contributed by atoms with E-state index in [1.807, 2.05) is 6.07 Å². The molecule has 0 aliphatic carbocycles. The van der Waals surface area contributed by atoms with Gasteiger partial charge in [0, 0.05) is 18.7 Å². The highest BCUT2D eigenvalue weighted by Gasteiger charge is 2.31. The Bertz CT molecular complexity index is 450. The number of amides is 2. The Morgan fingerprint density at radius 2 is 1.94 bits per heavy atom. The van der Waals surface area contributed by atoms with Crippen LogP contribution in [0.25, 0.3) is 0 Å². The van der Waals surface area contributed by atoms with Crippen LogP contribution in [0.5, 0.6) is 0 Å². The minimum atomic E-state index is -0.800. The summed E-state index contributed by atoms with van der Waals surface area (Å²) < 4.78 is 0. The van der Waals surface area contributed by atoms with Gasteiger partial charge in [0.05, 0.1) is 6.54 Å². The molecule has 0 bridgehead atoms. The second-order valence-electron chi connectivity index (χ2n) is 4.31. The number of rotatable bonds is 2. The summed E-state index contributed by atoms with van der Waals surface area (Å²) in [5.74, 6) is -0.366. The standard InChI is InChI=1S/C12H15BN2O3/c1-13(18)15-8-7-14(9-11(15)16)12(17)10-5-3-2-4-6-10/h2-6,18H,7-9H2,1H3. The summed E-state index contributed by atoms with van der Waals surface area (Å²) in [4.78, 5) is 26.7. The smallest absolute Gasteiger partial charge is 0.411 e. The van der Waals surface area contributed by atoms with E-state index in [1.54, 1.807) is 31.1 Å². The topological polar surface area (TPSA) is 60.9 Å². The zero-order valence-electron chi connectivity index (χ0n) is 10.2. The van der Waals surface area contributed by atoms with E-state index in [4.69, 9.17) is 0 Å². The van der Waals surface area contributed by atoms with Crippen molar-refractivity contribution in [2.75, 3.05) is 19.6 Å². The average Bonchev–Trinajstić information content (AvgIpc) is 2.38. The minimum Gasteiger partial charge on any atom is -0.432 e. The first-order chi connectivity index (χ1) is 8.59. The van der Waals surface area contributed by atoms with E-state index in [0.29, 0.717) is 18.7 Å². The van der Waals surface area contributed by atoms with Gasteiger partial charge in [-0.05, 0) is 19.0 Å². The number of hydrogen-bond donors (Lipinski definition) is 1. The Balaban J connectivity index is 2.05. The first kappa shape index (κ1) is 12.6. The van der Waals surface area contributed by atoms with Crippen LogP contribution in [0.1, 0.15) is 10.4 Å². The molecule has 0 aromatic heterocycles. The van der Waals surface area contributed by atoms with Crippen molar-refractivity contribution in [2.45, 2.75) is 6.82 Å². The molecule has 18 heavy (non-hydrogen) atoms. The van der Waals surface area contributed by atoms with Gasteiger partial charge >= 0.3 is 7.05 Å². The SMILES string of the molecule is CB(O)N1CCN(C(=O)c2ccccc2)CC1=O. The maximum atomic E-state index is 12.1. The zero-order valence-corrected chi connectivity index (χ0v) is 10.2. The van der Waals surface area contributed by atoms with E-state index in [1.165, 1.54) is 9.71 Å². The molecular weight excluding hydrogens is 231 g/mol. The van der Waals surface area contributed by atoms with E-state index in [2.05, 4.69) is 0 Å². The van der Waals surface area contributed by atoms with Crippen molar-refractivity contribution in [3.63, 3.8) is 0 Å². The quantitative estimate of drug-likeness (QED) is 0.752. The fourth-order valence-corrected chi connectivity index (χ4v) is 2.02. The van der Waals surface area contributed by atoms with Crippen LogP contribution in [-0.2, 0) is 4.79 Å². The molecule has 1 aromatic rings. The van der Waals surface area contributed by atoms with Crippen LogP contribution in [-0.4, -0.2) is 53.2 Å². The molecule has 1 N–H and O–H groups in total. The molecule has 0 radical (unpaired) electrons. The molecule has 1 heterocycles. The lowest BCUT2D eigenvalue weighted by Gasteiger charge is -2.35. The Labute approximate surface area is 106 Å². The lowest BCUT2D eigenvalue weighted by Crippen LogP contribution is -2.56. The Morgan fingerprint density at radius 3 is 2.50 bits per heavy atom. The van der Waals surface area contributed by atoms with Gasteiger partial charge in [-0.2, -0.15) is 0 Å². The molecule has 1 aliphatic rings. The zero-order chi connectivity index (χ0) is 13.1. The molecular formula is C12H15BN2O3. The first-order valence-corrected chi connectivity index (χ1v) is 5.91. The molecule has 0 saturated carbocycles. The summed E-state index contributed by atoms with van der Waals surface area (Å²) in [7, 11) is -0.800. The highest BCUT2D eigenvalue weighted by Crippen LogP contribution is 2.10. The molecule has 1 fully saturated rings.